The Kier molecular flexibility index (Phi) is 8.48. The highest BCUT2D eigenvalue weighted by Crippen LogP contribution is 2.35. The summed E-state index contributed by atoms with van der Waals surface area (Å²) in [5.74, 6) is -0.282. The summed E-state index contributed by atoms with van der Waals surface area (Å²) >= 11 is 0. The number of aromatic nitrogens is 2. The van der Waals surface area contributed by atoms with E-state index >= 15 is 0 Å². The van der Waals surface area contributed by atoms with E-state index in [2.05, 4.69) is 34.4 Å². The van der Waals surface area contributed by atoms with Crippen molar-refractivity contribution >= 4 is 17.5 Å². The SMILES string of the molecule is Cc1cc(C(=O)Nc2cccc3c2O[C@@H](CN(C)Cc2ccccc2)[C@@H](C)CN([C@@H](C)CO)C3=O)n(C)n1. The number of likely N-dealkylation sites (N-methyl/N-ethyl adjacent to an activating group) is 1. The number of amides is 2. The van der Waals surface area contributed by atoms with Gasteiger partial charge in [-0.3, -0.25) is 19.2 Å². The van der Waals surface area contributed by atoms with Crippen molar-refractivity contribution in [2.24, 2.45) is 13.0 Å². The van der Waals surface area contributed by atoms with Gasteiger partial charge in [0.25, 0.3) is 11.8 Å². The Labute approximate surface area is 224 Å². The van der Waals surface area contributed by atoms with Gasteiger partial charge in [0, 0.05) is 32.6 Å². The third-order valence-corrected chi connectivity index (χ3v) is 6.96. The fourth-order valence-corrected chi connectivity index (χ4v) is 4.84. The highest BCUT2D eigenvalue weighted by Gasteiger charge is 2.34. The number of nitrogens with zero attached hydrogens (tertiary/aromatic N) is 4. The zero-order chi connectivity index (χ0) is 27.4. The zero-order valence-corrected chi connectivity index (χ0v) is 22.7. The molecule has 2 heterocycles. The molecule has 1 aliphatic heterocycles. The molecule has 9 heteroatoms. The molecule has 202 valence electrons. The molecule has 0 saturated carbocycles. The number of carbonyl (C=O) groups is 2. The van der Waals surface area contributed by atoms with Crippen molar-refractivity contribution in [3.63, 3.8) is 0 Å². The van der Waals surface area contributed by atoms with Crippen molar-refractivity contribution < 1.29 is 19.4 Å². The maximum absolute atomic E-state index is 13.7. The zero-order valence-electron chi connectivity index (χ0n) is 22.7. The number of aryl methyl sites for hydroxylation is 2. The molecule has 0 aliphatic carbocycles. The number of aliphatic hydroxyl groups excluding tert-OH is 1. The van der Waals surface area contributed by atoms with Crippen LogP contribution >= 0.6 is 0 Å². The first kappa shape index (κ1) is 27.3. The van der Waals surface area contributed by atoms with E-state index in [0.717, 1.165) is 12.2 Å². The van der Waals surface area contributed by atoms with Crippen LogP contribution in [0.2, 0.25) is 0 Å². The summed E-state index contributed by atoms with van der Waals surface area (Å²) < 4.78 is 8.13. The smallest absolute Gasteiger partial charge is 0.274 e. The molecule has 3 atom stereocenters. The maximum atomic E-state index is 13.7. The van der Waals surface area contributed by atoms with Crippen LogP contribution in [0.15, 0.2) is 54.6 Å². The van der Waals surface area contributed by atoms with Gasteiger partial charge < -0.3 is 20.1 Å². The number of ether oxygens (including phenoxy) is 1. The minimum Gasteiger partial charge on any atom is -0.486 e. The Morgan fingerprint density at radius 3 is 2.63 bits per heavy atom. The van der Waals surface area contributed by atoms with E-state index in [1.54, 1.807) is 36.2 Å². The minimum atomic E-state index is -0.366. The molecule has 0 unspecified atom stereocenters. The summed E-state index contributed by atoms with van der Waals surface area (Å²) in [7, 11) is 3.76. The first-order valence-corrected chi connectivity index (χ1v) is 12.9. The van der Waals surface area contributed by atoms with Gasteiger partial charge in [0.05, 0.1) is 29.6 Å². The number of anilines is 1. The van der Waals surface area contributed by atoms with Crippen LogP contribution in [0, 0.1) is 12.8 Å². The molecule has 9 nitrogen and oxygen atoms in total. The molecular weight excluding hydrogens is 482 g/mol. The van der Waals surface area contributed by atoms with E-state index in [1.807, 2.05) is 39.1 Å². The van der Waals surface area contributed by atoms with Gasteiger partial charge in [-0.1, -0.05) is 43.3 Å². The number of nitrogens with one attached hydrogen (secondary N) is 1. The molecular formula is C29H37N5O4. The highest BCUT2D eigenvalue weighted by molar-refractivity contribution is 6.06. The molecule has 2 amide bonds. The lowest BCUT2D eigenvalue weighted by Crippen LogP contribution is -2.49. The van der Waals surface area contributed by atoms with E-state index in [-0.39, 0.29) is 36.5 Å². The van der Waals surface area contributed by atoms with Crippen molar-refractivity contribution in [2.75, 3.05) is 32.1 Å². The Morgan fingerprint density at radius 2 is 1.97 bits per heavy atom. The molecule has 4 rings (SSSR count). The number of hydrogen-bond acceptors (Lipinski definition) is 6. The van der Waals surface area contributed by atoms with Crippen LogP contribution in [0.4, 0.5) is 5.69 Å². The van der Waals surface area contributed by atoms with Gasteiger partial charge in [0.15, 0.2) is 5.75 Å². The monoisotopic (exact) mass is 519 g/mol. The number of fused-ring (bicyclic) bond motifs is 1. The molecule has 1 aromatic heterocycles. The fraction of sp³-hybridized carbons (Fsp3) is 0.414. The number of hydrogen-bond donors (Lipinski definition) is 2. The first-order chi connectivity index (χ1) is 18.2. The van der Waals surface area contributed by atoms with E-state index in [9.17, 15) is 14.7 Å². The topological polar surface area (TPSA) is 99.9 Å². The van der Waals surface area contributed by atoms with Crippen molar-refractivity contribution in [1.29, 1.82) is 0 Å². The average molecular weight is 520 g/mol. The van der Waals surface area contributed by atoms with Crippen LogP contribution in [-0.4, -0.2) is 75.4 Å². The lowest BCUT2D eigenvalue weighted by molar-refractivity contribution is 0.0343. The van der Waals surface area contributed by atoms with Gasteiger partial charge in [0.1, 0.15) is 11.8 Å². The first-order valence-electron chi connectivity index (χ1n) is 12.9. The minimum absolute atomic E-state index is 0.0391. The van der Waals surface area contributed by atoms with Gasteiger partial charge in [0.2, 0.25) is 0 Å². The van der Waals surface area contributed by atoms with E-state index in [4.69, 9.17) is 4.74 Å². The van der Waals surface area contributed by atoms with Crippen molar-refractivity contribution in [3.05, 3.63) is 77.1 Å². The molecule has 2 aromatic carbocycles. The number of carbonyl (C=O) groups excluding carboxylic acids is 2. The van der Waals surface area contributed by atoms with Crippen LogP contribution in [0.3, 0.4) is 0 Å². The standard InChI is InChI=1S/C29H37N5O4/c1-19-15-34(21(3)18-35)29(37)23-12-9-13-24(30-28(36)25-14-20(2)31-33(25)5)27(23)38-26(19)17-32(4)16-22-10-7-6-8-11-22/h6-14,19,21,26,35H,15-18H2,1-5H3,(H,30,36)/t19-,21-,26-/m0/s1. The quantitative estimate of drug-likeness (QED) is 0.474. The third kappa shape index (κ3) is 6.06. The lowest BCUT2D eigenvalue weighted by Gasteiger charge is -2.38. The summed E-state index contributed by atoms with van der Waals surface area (Å²) in [5.41, 5.74) is 3.10. The second-order valence-corrected chi connectivity index (χ2v) is 10.2. The van der Waals surface area contributed by atoms with Crippen LogP contribution in [-0.2, 0) is 13.6 Å². The fourth-order valence-electron chi connectivity index (χ4n) is 4.84. The predicted molar refractivity (Wildman–Crippen MR) is 146 cm³/mol. The van der Waals surface area contributed by atoms with Gasteiger partial charge in [-0.05, 0) is 44.7 Å². The van der Waals surface area contributed by atoms with Crippen LogP contribution < -0.4 is 10.1 Å². The van der Waals surface area contributed by atoms with Crippen molar-refractivity contribution in [2.45, 2.75) is 39.5 Å². The Balaban J connectivity index is 1.68. The van der Waals surface area contributed by atoms with E-state index < -0.39 is 0 Å². The molecule has 0 fully saturated rings. The summed E-state index contributed by atoms with van der Waals surface area (Å²) in [5, 5.41) is 17.1. The normalized spacial score (nSPS) is 18.4. The van der Waals surface area contributed by atoms with Gasteiger partial charge in [-0.15, -0.1) is 0 Å². The van der Waals surface area contributed by atoms with Gasteiger partial charge in [-0.2, -0.15) is 5.10 Å². The predicted octanol–water partition coefficient (Wildman–Crippen LogP) is 3.33. The summed E-state index contributed by atoms with van der Waals surface area (Å²) in [4.78, 5) is 30.7. The molecule has 1 aliphatic rings. The second kappa shape index (κ2) is 11.8. The van der Waals surface area contributed by atoms with Crippen molar-refractivity contribution in [3.8, 4) is 5.75 Å². The number of rotatable bonds is 8. The highest BCUT2D eigenvalue weighted by atomic mass is 16.5. The Hall–Kier alpha value is -3.69. The third-order valence-electron chi connectivity index (χ3n) is 6.96. The van der Waals surface area contributed by atoms with Crippen LogP contribution in [0.1, 0.15) is 46.0 Å². The van der Waals surface area contributed by atoms with Gasteiger partial charge >= 0.3 is 0 Å². The molecule has 0 saturated heterocycles. The molecule has 2 N–H and O–H groups in total. The molecule has 38 heavy (non-hydrogen) atoms. The Bertz CT molecular complexity index is 1280. The maximum Gasteiger partial charge on any atom is 0.274 e. The number of para-hydroxylation sites is 1. The molecule has 0 bridgehead atoms. The summed E-state index contributed by atoms with van der Waals surface area (Å²) in [6.07, 6.45) is -0.277. The second-order valence-electron chi connectivity index (χ2n) is 10.2. The van der Waals surface area contributed by atoms with E-state index in [1.165, 1.54) is 10.2 Å². The van der Waals surface area contributed by atoms with Crippen LogP contribution in [0.25, 0.3) is 0 Å². The number of aliphatic hydroxyl groups is 1. The van der Waals surface area contributed by atoms with E-state index in [0.29, 0.717) is 35.8 Å². The van der Waals surface area contributed by atoms with Gasteiger partial charge in [-0.25, -0.2) is 0 Å². The van der Waals surface area contributed by atoms with Crippen molar-refractivity contribution in [1.82, 2.24) is 19.6 Å². The molecule has 3 aromatic rings. The molecule has 0 spiro atoms. The van der Waals surface area contributed by atoms with Crippen LogP contribution in [0.5, 0.6) is 5.75 Å². The average Bonchev–Trinajstić information content (AvgIpc) is 3.24. The number of benzene rings is 2. The summed E-state index contributed by atoms with van der Waals surface area (Å²) in [6, 6.07) is 16.7. The largest absolute Gasteiger partial charge is 0.486 e. The lowest BCUT2D eigenvalue weighted by atomic mass is 9.98. The Morgan fingerprint density at radius 1 is 1.24 bits per heavy atom. The summed E-state index contributed by atoms with van der Waals surface area (Å²) in [6.45, 7) is 7.35. The molecule has 0 radical (unpaired) electrons.